The summed E-state index contributed by atoms with van der Waals surface area (Å²) in [4.78, 5) is 4.52. The lowest BCUT2D eigenvalue weighted by atomic mass is 10.3. The standard InChI is InChI=1S/C17H28N3O2S.2ClH/c1-5-20(3,6-2)8-7-9-22-15-10-13-16(11-14(15)21-4)23-17(12-18)19-13;;/h10-11H,5-9,12,18H2,1-4H3;2*1H/q+1;;/p-1. The third-order valence-corrected chi connectivity index (χ3v) is 5.56. The zero-order valence-corrected chi connectivity index (χ0v) is 17.8. The number of nitrogens with two attached hydrogens (primary N) is 1. The summed E-state index contributed by atoms with van der Waals surface area (Å²) >= 11 is 1.60. The smallest absolute Gasteiger partial charge is 0.163 e. The second kappa shape index (κ2) is 11.0. The van der Waals surface area contributed by atoms with Gasteiger partial charge in [-0.15, -0.1) is 23.7 Å². The van der Waals surface area contributed by atoms with Crippen LogP contribution < -0.4 is 27.6 Å². The van der Waals surface area contributed by atoms with Gasteiger partial charge in [-0.05, 0) is 13.8 Å². The fourth-order valence-corrected chi connectivity index (χ4v) is 3.37. The van der Waals surface area contributed by atoms with Crippen LogP contribution in [0.1, 0.15) is 25.3 Å². The molecule has 8 heteroatoms. The molecular formula is C17H29Cl2N3O2S. The number of hydrogen-bond donors (Lipinski definition) is 1. The van der Waals surface area contributed by atoms with Gasteiger partial charge in [-0.25, -0.2) is 4.98 Å². The molecule has 0 bridgehead atoms. The molecule has 1 aromatic carbocycles. The van der Waals surface area contributed by atoms with Crippen molar-refractivity contribution in [2.24, 2.45) is 5.73 Å². The van der Waals surface area contributed by atoms with Crippen LogP contribution in [0.15, 0.2) is 12.1 Å². The molecule has 0 unspecified atom stereocenters. The fraction of sp³-hybridized carbons (Fsp3) is 0.588. The lowest BCUT2D eigenvalue weighted by Gasteiger charge is -2.32. The first-order valence-corrected chi connectivity index (χ1v) is 9.00. The summed E-state index contributed by atoms with van der Waals surface area (Å²) < 4.78 is 13.6. The van der Waals surface area contributed by atoms with Crippen molar-refractivity contribution in [3.05, 3.63) is 17.1 Å². The van der Waals surface area contributed by atoms with Gasteiger partial charge in [-0.3, -0.25) is 0 Å². The first-order valence-electron chi connectivity index (χ1n) is 8.19. The first kappa shape index (κ1) is 24.2. The van der Waals surface area contributed by atoms with Crippen LogP contribution in [0.3, 0.4) is 0 Å². The number of rotatable bonds is 9. The van der Waals surface area contributed by atoms with Crippen LogP contribution in [0.4, 0.5) is 0 Å². The van der Waals surface area contributed by atoms with E-state index in [1.807, 2.05) is 12.1 Å². The fourth-order valence-electron chi connectivity index (χ4n) is 2.51. The van der Waals surface area contributed by atoms with Crippen molar-refractivity contribution in [1.82, 2.24) is 4.98 Å². The maximum Gasteiger partial charge on any atom is 0.163 e. The summed E-state index contributed by atoms with van der Waals surface area (Å²) in [5, 5.41) is 0.929. The zero-order valence-electron chi connectivity index (χ0n) is 15.4. The quantitative estimate of drug-likeness (QED) is 0.482. The molecule has 144 valence electrons. The minimum absolute atomic E-state index is 0. The van der Waals surface area contributed by atoms with E-state index < -0.39 is 0 Å². The lowest BCUT2D eigenvalue weighted by molar-refractivity contribution is -0.906. The van der Waals surface area contributed by atoms with E-state index in [1.165, 1.54) is 0 Å². The molecule has 5 nitrogen and oxygen atoms in total. The van der Waals surface area contributed by atoms with E-state index >= 15 is 0 Å². The number of halogens is 2. The number of benzene rings is 1. The predicted molar refractivity (Wildman–Crippen MR) is 104 cm³/mol. The van der Waals surface area contributed by atoms with Gasteiger partial charge in [0.1, 0.15) is 5.01 Å². The highest BCUT2D eigenvalue weighted by Gasteiger charge is 2.16. The van der Waals surface area contributed by atoms with Crippen LogP contribution in [0, 0.1) is 0 Å². The van der Waals surface area contributed by atoms with Crippen molar-refractivity contribution in [2.75, 3.05) is 40.4 Å². The summed E-state index contributed by atoms with van der Waals surface area (Å²) in [6.45, 7) is 9.02. The van der Waals surface area contributed by atoms with E-state index in [9.17, 15) is 0 Å². The van der Waals surface area contributed by atoms with Crippen molar-refractivity contribution in [3.8, 4) is 11.5 Å². The monoisotopic (exact) mass is 409 g/mol. The van der Waals surface area contributed by atoms with Crippen molar-refractivity contribution in [1.29, 1.82) is 0 Å². The number of thiazole rings is 1. The Labute approximate surface area is 166 Å². The van der Waals surface area contributed by atoms with E-state index in [0.717, 1.165) is 57.3 Å². The molecule has 0 amide bonds. The Morgan fingerprint density at radius 3 is 2.44 bits per heavy atom. The van der Waals surface area contributed by atoms with Gasteiger partial charge in [-0.1, -0.05) is 0 Å². The minimum Gasteiger partial charge on any atom is -1.00 e. The molecule has 0 aliphatic heterocycles. The third kappa shape index (κ3) is 6.15. The van der Waals surface area contributed by atoms with E-state index in [2.05, 4.69) is 25.9 Å². The number of hydrogen-bond acceptors (Lipinski definition) is 5. The van der Waals surface area contributed by atoms with Crippen LogP contribution in [-0.2, 0) is 6.54 Å². The van der Waals surface area contributed by atoms with E-state index in [-0.39, 0.29) is 24.8 Å². The highest BCUT2D eigenvalue weighted by atomic mass is 35.5. The molecule has 0 spiro atoms. The van der Waals surface area contributed by atoms with Gasteiger partial charge in [0, 0.05) is 25.1 Å². The van der Waals surface area contributed by atoms with Crippen LogP contribution in [0.5, 0.6) is 11.5 Å². The van der Waals surface area contributed by atoms with Crippen molar-refractivity contribution in [2.45, 2.75) is 26.8 Å². The lowest BCUT2D eigenvalue weighted by Crippen LogP contribution is -3.00. The van der Waals surface area contributed by atoms with Crippen molar-refractivity contribution >= 4 is 34.0 Å². The highest BCUT2D eigenvalue weighted by Crippen LogP contribution is 2.34. The average molecular weight is 410 g/mol. The van der Waals surface area contributed by atoms with Crippen LogP contribution in [0.2, 0.25) is 0 Å². The Morgan fingerprint density at radius 1 is 1.20 bits per heavy atom. The molecule has 0 radical (unpaired) electrons. The van der Waals surface area contributed by atoms with Crippen LogP contribution in [0.25, 0.3) is 10.2 Å². The Morgan fingerprint density at radius 2 is 1.88 bits per heavy atom. The number of fused-ring (bicyclic) bond motifs is 1. The average Bonchev–Trinajstić information content (AvgIpc) is 2.99. The van der Waals surface area contributed by atoms with Gasteiger partial charge in [0.25, 0.3) is 0 Å². The Kier molecular flexibility index (Phi) is 10.7. The summed E-state index contributed by atoms with van der Waals surface area (Å²) in [5.41, 5.74) is 6.60. The van der Waals surface area contributed by atoms with Crippen molar-refractivity contribution < 1.29 is 26.4 Å². The van der Waals surface area contributed by atoms with Gasteiger partial charge < -0.3 is 32.1 Å². The molecule has 2 aromatic rings. The molecule has 2 rings (SSSR count). The maximum absolute atomic E-state index is 5.96. The Hall–Kier alpha value is -0.790. The molecular weight excluding hydrogens is 381 g/mol. The van der Waals surface area contributed by atoms with Gasteiger partial charge in [0.15, 0.2) is 11.5 Å². The maximum atomic E-state index is 5.96. The molecule has 0 aliphatic carbocycles. The summed E-state index contributed by atoms with van der Waals surface area (Å²) in [6, 6.07) is 3.94. The summed E-state index contributed by atoms with van der Waals surface area (Å²) in [7, 11) is 3.96. The molecule has 1 aromatic heterocycles. The van der Waals surface area contributed by atoms with Crippen LogP contribution >= 0.6 is 23.7 Å². The SMILES string of the molecule is CC[N+](C)(CC)CCCOc1cc2nc(CN)sc2cc1OC.Cl.[Cl-]. The van der Waals surface area contributed by atoms with E-state index in [4.69, 9.17) is 15.2 Å². The van der Waals surface area contributed by atoms with Crippen LogP contribution in [-0.4, -0.2) is 49.9 Å². The second-order valence-corrected chi connectivity index (χ2v) is 7.08. The summed E-state index contributed by atoms with van der Waals surface area (Å²) in [5.74, 6) is 1.52. The first-order chi connectivity index (χ1) is 11.0. The Balaban J connectivity index is 0.00000288. The second-order valence-electron chi connectivity index (χ2n) is 5.96. The number of quaternary nitrogens is 1. The largest absolute Gasteiger partial charge is 1.00 e. The topological polar surface area (TPSA) is 57.4 Å². The molecule has 0 fully saturated rings. The number of aromatic nitrogens is 1. The van der Waals surface area contributed by atoms with E-state index in [0.29, 0.717) is 13.2 Å². The molecule has 0 saturated carbocycles. The van der Waals surface area contributed by atoms with Gasteiger partial charge >= 0.3 is 0 Å². The summed E-state index contributed by atoms with van der Waals surface area (Å²) in [6.07, 6.45) is 1.02. The number of ether oxygens (including phenoxy) is 2. The number of methoxy groups -OCH3 is 1. The normalized spacial score (nSPS) is 10.9. The molecule has 2 N–H and O–H groups in total. The zero-order chi connectivity index (χ0) is 16.9. The van der Waals surface area contributed by atoms with Gasteiger partial charge in [0.2, 0.25) is 0 Å². The van der Waals surface area contributed by atoms with E-state index in [1.54, 1.807) is 18.4 Å². The Bertz CT molecular complexity index is 648. The molecule has 25 heavy (non-hydrogen) atoms. The van der Waals surface area contributed by atoms with Gasteiger partial charge in [-0.2, -0.15) is 0 Å². The molecule has 0 atom stereocenters. The highest BCUT2D eigenvalue weighted by molar-refractivity contribution is 7.18. The molecule has 1 heterocycles. The van der Waals surface area contributed by atoms with Gasteiger partial charge in [0.05, 0.1) is 50.6 Å². The number of nitrogens with zero attached hydrogens (tertiary/aromatic N) is 2. The third-order valence-electron chi connectivity index (χ3n) is 4.52. The molecule has 0 saturated heterocycles. The minimum atomic E-state index is 0. The molecule has 0 aliphatic rings. The van der Waals surface area contributed by atoms with Crippen molar-refractivity contribution in [3.63, 3.8) is 0 Å². The predicted octanol–water partition coefficient (Wildman–Crippen LogP) is 0.445.